The van der Waals surface area contributed by atoms with Crippen molar-refractivity contribution in [3.05, 3.63) is 64.4 Å². The maximum Gasteiger partial charge on any atom is 0.237 e. The number of rotatable bonds is 8. The summed E-state index contributed by atoms with van der Waals surface area (Å²) in [6.45, 7) is 9.17. The second-order valence-corrected chi connectivity index (χ2v) is 8.76. The molecule has 0 bridgehead atoms. The predicted molar refractivity (Wildman–Crippen MR) is 124 cm³/mol. The molecular weight excluding hydrogens is 418 g/mol. The van der Waals surface area contributed by atoms with Gasteiger partial charge in [-0.2, -0.15) is 0 Å². The number of hydrogen-bond acceptors (Lipinski definition) is 5. The largest absolute Gasteiger partial charge is 0.378 e. The number of aryl methyl sites for hydroxylation is 2. The molecule has 1 heterocycles. The van der Waals surface area contributed by atoms with Crippen LogP contribution < -0.4 is 10.6 Å². The first-order valence-electron chi connectivity index (χ1n) is 9.84. The molecule has 0 radical (unpaired) electrons. The molecule has 30 heavy (non-hydrogen) atoms. The molecule has 6 nitrogen and oxygen atoms in total. The van der Waals surface area contributed by atoms with E-state index in [1.54, 1.807) is 0 Å². The molecule has 0 aliphatic rings. The van der Waals surface area contributed by atoms with Crippen molar-refractivity contribution in [3.8, 4) is 0 Å². The third kappa shape index (κ3) is 5.34. The van der Waals surface area contributed by atoms with E-state index in [-0.39, 0.29) is 11.2 Å². The molecule has 2 aromatic carbocycles. The number of nitrogens with one attached hydrogen (secondary N) is 2. The van der Waals surface area contributed by atoms with Crippen molar-refractivity contribution >= 4 is 40.6 Å². The molecular formula is C22H26ClN5OS. The van der Waals surface area contributed by atoms with Gasteiger partial charge in [0.15, 0.2) is 11.0 Å². The summed E-state index contributed by atoms with van der Waals surface area (Å²) in [6.07, 6.45) is 0. The number of carbonyl (C=O) groups excluding carboxylic acids is 1. The fourth-order valence-electron chi connectivity index (χ4n) is 3.05. The lowest BCUT2D eigenvalue weighted by Gasteiger charge is -2.15. The van der Waals surface area contributed by atoms with Crippen molar-refractivity contribution < 1.29 is 4.79 Å². The number of hydrogen-bond donors (Lipinski definition) is 2. The van der Waals surface area contributed by atoms with Gasteiger partial charge >= 0.3 is 0 Å². The first kappa shape index (κ1) is 22.2. The van der Waals surface area contributed by atoms with Crippen LogP contribution in [0.5, 0.6) is 0 Å². The van der Waals surface area contributed by atoms with Gasteiger partial charge in [0.05, 0.1) is 11.8 Å². The average molecular weight is 444 g/mol. The molecule has 0 saturated heterocycles. The lowest BCUT2D eigenvalue weighted by molar-refractivity contribution is -0.115. The Morgan fingerprint density at radius 1 is 1.13 bits per heavy atom. The van der Waals surface area contributed by atoms with E-state index in [1.165, 1.54) is 11.8 Å². The third-order valence-electron chi connectivity index (χ3n) is 4.79. The SMILES string of the molecule is CCn1c(CNc2ccc(Cl)cc2)nnc1S[C@@H](C)C(=O)Nc1c(C)cccc1C. The van der Waals surface area contributed by atoms with Crippen LogP contribution in [0.3, 0.4) is 0 Å². The van der Waals surface area contributed by atoms with Gasteiger partial charge in [0.2, 0.25) is 5.91 Å². The molecule has 0 spiro atoms. The third-order valence-corrected chi connectivity index (χ3v) is 6.12. The van der Waals surface area contributed by atoms with Crippen LogP contribution in [0.2, 0.25) is 5.02 Å². The van der Waals surface area contributed by atoms with E-state index in [4.69, 9.17) is 11.6 Å². The van der Waals surface area contributed by atoms with Crippen LogP contribution in [0.1, 0.15) is 30.8 Å². The zero-order chi connectivity index (χ0) is 21.7. The highest BCUT2D eigenvalue weighted by molar-refractivity contribution is 8.00. The van der Waals surface area contributed by atoms with E-state index in [1.807, 2.05) is 74.7 Å². The zero-order valence-electron chi connectivity index (χ0n) is 17.6. The van der Waals surface area contributed by atoms with Gasteiger partial charge in [0, 0.05) is 22.9 Å². The predicted octanol–water partition coefficient (Wildman–Crippen LogP) is 5.30. The van der Waals surface area contributed by atoms with E-state index in [0.29, 0.717) is 11.6 Å². The van der Waals surface area contributed by atoms with Crippen LogP contribution in [0.4, 0.5) is 11.4 Å². The van der Waals surface area contributed by atoms with Gasteiger partial charge in [-0.1, -0.05) is 41.6 Å². The summed E-state index contributed by atoms with van der Waals surface area (Å²) < 4.78 is 2.02. The second kappa shape index (κ2) is 10.00. The fourth-order valence-corrected chi connectivity index (χ4v) is 4.11. The molecule has 0 saturated carbocycles. The maximum atomic E-state index is 12.8. The zero-order valence-corrected chi connectivity index (χ0v) is 19.1. The molecule has 158 valence electrons. The lowest BCUT2D eigenvalue weighted by atomic mass is 10.1. The van der Waals surface area contributed by atoms with Crippen molar-refractivity contribution in [2.45, 2.75) is 51.2 Å². The minimum absolute atomic E-state index is 0.0520. The summed E-state index contributed by atoms with van der Waals surface area (Å²) in [5, 5.41) is 16.1. The molecule has 8 heteroatoms. The molecule has 3 rings (SSSR count). The summed E-state index contributed by atoms with van der Waals surface area (Å²) in [6, 6.07) is 13.5. The van der Waals surface area contributed by atoms with Crippen molar-refractivity contribution in [3.63, 3.8) is 0 Å². The van der Waals surface area contributed by atoms with E-state index in [2.05, 4.69) is 20.8 Å². The first-order valence-corrected chi connectivity index (χ1v) is 11.1. The van der Waals surface area contributed by atoms with Crippen LogP contribution in [-0.4, -0.2) is 25.9 Å². The van der Waals surface area contributed by atoms with Gasteiger partial charge < -0.3 is 15.2 Å². The monoisotopic (exact) mass is 443 g/mol. The van der Waals surface area contributed by atoms with Crippen molar-refractivity contribution in [2.24, 2.45) is 0 Å². The van der Waals surface area contributed by atoms with Crippen LogP contribution in [0, 0.1) is 13.8 Å². The Morgan fingerprint density at radius 2 is 1.80 bits per heavy atom. The lowest BCUT2D eigenvalue weighted by Crippen LogP contribution is -2.24. The molecule has 1 aromatic heterocycles. The number of halogens is 1. The highest BCUT2D eigenvalue weighted by Crippen LogP contribution is 2.26. The standard InChI is InChI=1S/C22H26ClN5OS/c1-5-28-19(13-24-18-11-9-17(23)10-12-18)26-27-22(28)30-16(4)21(29)25-20-14(2)7-6-8-15(20)3/h6-12,16,24H,5,13H2,1-4H3,(H,25,29)/t16-/m0/s1. The summed E-state index contributed by atoms with van der Waals surface area (Å²) in [7, 11) is 0. The van der Waals surface area contributed by atoms with Gasteiger partial charge in [0.1, 0.15) is 0 Å². The number of thioether (sulfide) groups is 1. The highest BCUT2D eigenvalue weighted by Gasteiger charge is 2.20. The molecule has 0 aliphatic heterocycles. The molecule has 3 aromatic rings. The number of nitrogens with zero attached hydrogens (tertiary/aromatic N) is 3. The molecule has 1 amide bonds. The Labute approximate surface area is 186 Å². The minimum atomic E-state index is -0.310. The number of para-hydroxylation sites is 1. The van der Waals surface area contributed by atoms with Crippen LogP contribution >= 0.6 is 23.4 Å². The second-order valence-electron chi connectivity index (χ2n) is 7.02. The van der Waals surface area contributed by atoms with Crippen LogP contribution in [0.25, 0.3) is 0 Å². The first-order chi connectivity index (χ1) is 14.4. The Balaban J connectivity index is 1.65. The Bertz CT molecular complexity index is 999. The normalized spacial score (nSPS) is 11.9. The maximum absolute atomic E-state index is 12.8. The van der Waals surface area contributed by atoms with E-state index < -0.39 is 0 Å². The number of carbonyl (C=O) groups is 1. The number of anilines is 2. The van der Waals surface area contributed by atoms with E-state index >= 15 is 0 Å². The smallest absolute Gasteiger partial charge is 0.237 e. The van der Waals surface area contributed by atoms with Gasteiger partial charge in [-0.15, -0.1) is 10.2 Å². The summed E-state index contributed by atoms with van der Waals surface area (Å²) in [5.41, 5.74) is 3.93. The number of amides is 1. The summed E-state index contributed by atoms with van der Waals surface area (Å²) in [5.74, 6) is 0.765. The molecule has 1 atom stereocenters. The van der Waals surface area contributed by atoms with Gasteiger partial charge in [-0.25, -0.2) is 0 Å². The Morgan fingerprint density at radius 3 is 2.43 bits per heavy atom. The van der Waals surface area contributed by atoms with Gasteiger partial charge in [-0.3, -0.25) is 4.79 Å². The fraction of sp³-hybridized carbons (Fsp3) is 0.318. The Hall–Kier alpha value is -2.51. The summed E-state index contributed by atoms with van der Waals surface area (Å²) >= 11 is 7.34. The summed E-state index contributed by atoms with van der Waals surface area (Å²) in [4.78, 5) is 12.8. The number of aromatic nitrogens is 3. The van der Waals surface area contributed by atoms with Crippen LogP contribution in [-0.2, 0) is 17.9 Å². The van der Waals surface area contributed by atoms with E-state index in [0.717, 1.165) is 40.0 Å². The minimum Gasteiger partial charge on any atom is -0.378 e. The van der Waals surface area contributed by atoms with Crippen molar-refractivity contribution in [1.82, 2.24) is 14.8 Å². The van der Waals surface area contributed by atoms with Crippen LogP contribution in [0.15, 0.2) is 47.6 Å². The average Bonchev–Trinajstić information content (AvgIpc) is 3.11. The van der Waals surface area contributed by atoms with Crippen molar-refractivity contribution in [2.75, 3.05) is 10.6 Å². The van der Waals surface area contributed by atoms with Gasteiger partial charge in [0.25, 0.3) is 0 Å². The Kier molecular flexibility index (Phi) is 7.39. The van der Waals surface area contributed by atoms with Gasteiger partial charge in [-0.05, 0) is 63.1 Å². The molecule has 0 unspecified atom stereocenters. The number of benzene rings is 2. The highest BCUT2D eigenvalue weighted by atomic mass is 35.5. The molecule has 0 fully saturated rings. The van der Waals surface area contributed by atoms with E-state index in [9.17, 15) is 4.79 Å². The molecule has 0 aliphatic carbocycles. The topological polar surface area (TPSA) is 71.8 Å². The van der Waals surface area contributed by atoms with Crippen molar-refractivity contribution in [1.29, 1.82) is 0 Å². The quantitative estimate of drug-likeness (QED) is 0.462. The molecule has 2 N–H and O–H groups in total.